The highest BCUT2D eigenvalue weighted by Crippen LogP contribution is 2.46. The number of cyclic esters (lactones) is 1. The van der Waals surface area contributed by atoms with Crippen LogP contribution in [0.3, 0.4) is 0 Å². The van der Waals surface area contributed by atoms with Crippen molar-refractivity contribution < 1.29 is 37.7 Å². The molecule has 9 rings (SSSR count). The van der Waals surface area contributed by atoms with Gasteiger partial charge in [-0.25, -0.2) is 10.4 Å². The number of fused-ring (bicyclic) bond motifs is 7. The third-order valence-electron chi connectivity index (χ3n) is 15.0. The number of pyridine rings is 1. The van der Waals surface area contributed by atoms with Crippen molar-refractivity contribution in [3.05, 3.63) is 59.2 Å². The third kappa shape index (κ3) is 8.86. The van der Waals surface area contributed by atoms with Crippen LogP contribution >= 0.6 is 0 Å². The predicted octanol–water partition coefficient (Wildman–Crippen LogP) is 6.75. The molecule has 4 aliphatic heterocycles. The summed E-state index contributed by atoms with van der Waals surface area (Å²) in [4.78, 5) is 55.2. The first kappa shape index (κ1) is 45.5. The van der Waals surface area contributed by atoms with Crippen LogP contribution in [0, 0.1) is 23.2 Å². The summed E-state index contributed by atoms with van der Waals surface area (Å²) in [5, 5.41) is 5.52. The number of amides is 2. The summed E-state index contributed by atoms with van der Waals surface area (Å²) >= 11 is 0. The van der Waals surface area contributed by atoms with E-state index in [-0.39, 0.29) is 43.0 Å². The first-order chi connectivity index (χ1) is 31.3. The fourth-order valence-corrected chi connectivity index (χ4v) is 10.9. The van der Waals surface area contributed by atoms with Crippen molar-refractivity contribution >= 4 is 28.7 Å². The third-order valence-corrected chi connectivity index (χ3v) is 15.0. The highest BCUT2D eigenvalue weighted by Gasteiger charge is 2.50. The number of oxazole rings is 1. The summed E-state index contributed by atoms with van der Waals surface area (Å²) in [6.45, 7) is 19.4. The fraction of sp³-hybridized carbons (Fsp3) is 0.620. The van der Waals surface area contributed by atoms with Gasteiger partial charge in [0, 0.05) is 79.0 Å². The Kier molecular flexibility index (Phi) is 13.0. The highest BCUT2D eigenvalue weighted by molar-refractivity contribution is 5.95. The van der Waals surface area contributed by atoms with Crippen molar-refractivity contribution in [2.24, 2.45) is 23.2 Å². The van der Waals surface area contributed by atoms with Gasteiger partial charge >= 0.3 is 5.97 Å². The van der Waals surface area contributed by atoms with Gasteiger partial charge in [-0.3, -0.25) is 29.3 Å². The lowest BCUT2D eigenvalue weighted by molar-refractivity contribution is -0.156. The van der Waals surface area contributed by atoms with Crippen molar-refractivity contribution in [3.63, 3.8) is 0 Å². The second kappa shape index (κ2) is 18.5. The first-order valence-electron chi connectivity index (χ1n) is 23.9. The number of nitrogens with zero attached hydrogens (tertiary/aromatic N) is 5. The molecular weight excluding hydrogens is 827 g/mol. The zero-order chi connectivity index (χ0) is 45.7. The first-order valence-corrected chi connectivity index (χ1v) is 23.9. The average Bonchev–Trinajstić information content (AvgIpc) is 3.58. The number of hydrazine groups is 1. The minimum atomic E-state index is -1.15. The van der Waals surface area contributed by atoms with Crippen LogP contribution in [0.4, 0.5) is 0 Å². The lowest BCUT2D eigenvalue weighted by atomic mass is 9.82. The Morgan fingerprint density at radius 3 is 2.66 bits per heavy atom. The summed E-state index contributed by atoms with van der Waals surface area (Å²) in [5.74, 6) is -0.193. The van der Waals surface area contributed by atoms with Crippen LogP contribution in [0.2, 0.25) is 0 Å². The van der Waals surface area contributed by atoms with Crippen molar-refractivity contribution in [2.75, 3.05) is 53.2 Å². The van der Waals surface area contributed by atoms with Crippen LogP contribution in [0.1, 0.15) is 115 Å². The molecule has 0 radical (unpaired) electrons. The SMILES string of the molecule is CCO[C@@H]1c2coc(n2)-c2ccc3c(c2)c(c(-c2cc([C@@H]4CCN5CCOC[C@@H]5C4)cnc2[C@H](C)OC)n3CC)CC(C)(C)COC(=O)[C@@H]2CCCN(N2)C(=O)[C@H]1NC(=O)C1[C@@H](C)[C@H]1C. The van der Waals surface area contributed by atoms with Gasteiger partial charge in [-0.1, -0.05) is 27.7 Å². The maximum absolute atomic E-state index is 14.6. The molecule has 2 N–H and O–H groups in total. The number of hydrogen-bond acceptors (Lipinski definition) is 12. The highest BCUT2D eigenvalue weighted by atomic mass is 16.5. The Morgan fingerprint density at radius 2 is 1.91 bits per heavy atom. The molecule has 4 aromatic rings. The summed E-state index contributed by atoms with van der Waals surface area (Å²) in [5.41, 5.74) is 10.1. The van der Waals surface area contributed by atoms with Crippen molar-refractivity contribution in [2.45, 2.75) is 123 Å². The molecule has 1 unspecified atom stereocenters. The van der Waals surface area contributed by atoms with E-state index in [0.717, 1.165) is 78.1 Å². The number of nitrogens with one attached hydrogen (secondary N) is 2. The number of hydrogen-bond donors (Lipinski definition) is 2. The number of morpholine rings is 1. The van der Waals surface area contributed by atoms with E-state index in [1.165, 1.54) is 16.8 Å². The summed E-state index contributed by atoms with van der Waals surface area (Å²) in [7, 11) is 1.73. The van der Waals surface area contributed by atoms with Crippen LogP contribution in [0.5, 0.6) is 0 Å². The maximum atomic E-state index is 14.6. The van der Waals surface area contributed by atoms with Crippen LogP contribution in [-0.2, 0) is 46.3 Å². The van der Waals surface area contributed by atoms with Gasteiger partial charge in [0.25, 0.3) is 5.91 Å². The van der Waals surface area contributed by atoms with Crippen molar-refractivity contribution in [1.82, 2.24) is 35.2 Å². The van der Waals surface area contributed by atoms with E-state index in [1.54, 1.807) is 7.11 Å². The standard InChI is InChI=1S/C50H67N7O8/c1-9-56-40-14-13-32-21-35(40)37(44(56)36-22-33(24-51-42(36)30(5)61-8)31-15-17-55-18-19-62-25-34(55)20-31)23-50(6,7)27-65-49(60)38-12-11-16-57(54-38)48(59)43(53-46(58)41-28(3)29(41)4)45(63-10-2)39-26-64-47(32)52-39/h13-14,21-22,24,26,28-31,34,38,41,43,45,54H,9-12,15-20,23,25,27H2,1-8H3,(H,53,58)/t28-,29+,30-,31+,34-,38-,41?,43-,45+/m0/s1. The molecule has 9 atom stereocenters. The molecule has 3 aromatic heterocycles. The normalized spacial score (nSPS) is 28.9. The number of aryl methyl sites for hydroxylation is 1. The van der Waals surface area contributed by atoms with Gasteiger partial charge in [-0.2, -0.15) is 0 Å². The van der Waals surface area contributed by atoms with E-state index in [0.29, 0.717) is 55.9 Å². The second-order valence-electron chi connectivity index (χ2n) is 19.8. The second-order valence-corrected chi connectivity index (χ2v) is 19.8. The van der Waals surface area contributed by atoms with Gasteiger partial charge in [0.2, 0.25) is 11.8 Å². The molecule has 5 aliphatic rings. The molecule has 2 amide bonds. The molecule has 3 saturated heterocycles. The van der Waals surface area contributed by atoms with Crippen LogP contribution < -0.4 is 10.7 Å². The smallest absolute Gasteiger partial charge is 0.324 e. The molecule has 6 bridgehead atoms. The van der Waals surface area contributed by atoms with Gasteiger partial charge in [0.15, 0.2) is 0 Å². The Balaban J connectivity index is 1.18. The fourth-order valence-electron chi connectivity index (χ4n) is 10.9. The van der Waals surface area contributed by atoms with E-state index in [1.807, 2.05) is 33.8 Å². The lowest BCUT2D eigenvalue weighted by Gasteiger charge is -2.42. The summed E-state index contributed by atoms with van der Waals surface area (Å²) in [6, 6.07) is 7.11. The zero-order valence-corrected chi connectivity index (χ0v) is 39.4. The number of carbonyl (C=O) groups is 3. The largest absolute Gasteiger partial charge is 0.464 e. The maximum Gasteiger partial charge on any atom is 0.324 e. The molecule has 4 fully saturated rings. The van der Waals surface area contributed by atoms with Gasteiger partial charge < -0.3 is 33.2 Å². The number of ether oxygens (including phenoxy) is 4. The molecule has 65 heavy (non-hydrogen) atoms. The molecular formula is C50H67N7O8. The molecule has 0 spiro atoms. The van der Waals surface area contributed by atoms with E-state index in [4.69, 9.17) is 33.3 Å². The Morgan fingerprint density at radius 1 is 1.09 bits per heavy atom. The molecule has 1 aromatic carbocycles. The molecule has 350 valence electrons. The van der Waals surface area contributed by atoms with E-state index in [9.17, 15) is 14.4 Å². The Bertz CT molecular complexity index is 2400. The van der Waals surface area contributed by atoms with E-state index < -0.39 is 35.5 Å². The van der Waals surface area contributed by atoms with Gasteiger partial charge in [0.05, 0.1) is 37.3 Å². The minimum Gasteiger partial charge on any atom is -0.464 e. The van der Waals surface area contributed by atoms with Crippen LogP contribution in [-0.4, -0.2) is 114 Å². The number of piperidine rings is 1. The molecule has 15 heteroatoms. The predicted molar refractivity (Wildman–Crippen MR) is 244 cm³/mol. The van der Waals surface area contributed by atoms with Crippen LogP contribution in [0.25, 0.3) is 33.6 Å². The minimum absolute atomic E-state index is 0.142. The monoisotopic (exact) mass is 894 g/mol. The summed E-state index contributed by atoms with van der Waals surface area (Å²) < 4.78 is 33.1. The number of rotatable bonds is 9. The van der Waals surface area contributed by atoms with Gasteiger partial charge in [0.1, 0.15) is 30.1 Å². The number of carbonyl (C=O) groups excluding carboxylic acids is 3. The van der Waals surface area contributed by atoms with Gasteiger partial charge in [-0.15, -0.1) is 0 Å². The Hall–Kier alpha value is -4.67. The lowest BCUT2D eigenvalue weighted by Crippen LogP contribution is -2.61. The van der Waals surface area contributed by atoms with Crippen molar-refractivity contribution in [1.29, 1.82) is 0 Å². The van der Waals surface area contributed by atoms with Gasteiger partial charge in [-0.05, 0) is 113 Å². The molecule has 7 heterocycles. The number of methoxy groups -OCH3 is 1. The Labute approximate surface area is 382 Å². The van der Waals surface area contributed by atoms with Crippen LogP contribution in [0.15, 0.2) is 41.1 Å². The molecule has 1 aliphatic carbocycles. The van der Waals surface area contributed by atoms with Crippen molar-refractivity contribution in [3.8, 4) is 22.7 Å². The zero-order valence-electron chi connectivity index (χ0n) is 39.4. The number of benzene rings is 1. The topological polar surface area (TPSA) is 163 Å². The molecule has 1 saturated carbocycles. The number of esters is 1. The summed E-state index contributed by atoms with van der Waals surface area (Å²) in [6.07, 6.45) is 6.02. The quantitative estimate of drug-likeness (QED) is 0.170. The molecule has 15 nitrogen and oxygen atoms in total. The average molecular weight is 894 g/mol. The number of aromatic nitrogens is 3. The van der Waals surface area contributed by atoms with E-state index in [2.05, 4.69) is 65.4 Å². The van der Waals surface area contributed by atoms with E-state index >= 15 is 0 Å².